The Labute approximate surface area is 114 Å². The maximum Gasteiger partial charge on any atom is 0.242 e. The van der Waals surface area contributed by atoms with Crippen molar-refractivity contribution in [2.75, 3.05) is 32.5 Å². The Morgan fingerprint density at radius 1 is 1.42 bits per heavy atom. The molecule has 0 unspecified atom stereocenters. The molecule has 1 N–H and O–H groups in total. The van der Waals surface area contributed by atoms with Crippen LogP contribution in [0.5, 0.6) is 0 Å². The highest BCUT2D eigenvalue weighted by Crippen LogP contribution is 2.23. The summed E-state index contributed by atoms with van der Waals surface area (Å²) in [5.41, 5.74) is 1.56. The number of carbonyl (C=O) groups excluding carboxylic acids is 1. The van der Waals surface area contributed by atoms with Crippen LogP contribution in [0.3, 0.4) is 0 Å². The van der Waals surface area contributed by atoms with Crippen LogP contribution in [0.2, 0.25) is 0 Å². The summed E-state index contributed by atoms with van der Waals surface area (Å²) in [6.07, 6.45) is 1.80. The number of anilines is 1. The van der Waals surface area contributed by atoms with Crippen LogP contribution in [0.1, 0.15) is 19.5 Å². The third-order valence-corrected chi connectivity index (χ3v) is 3.82. The smallest absolute Gasteiger partial charge is 0.242 e. The highest BCUT2D eigenvalue weighted by atomic mass is 16.2. The molecule has 0 aromatic carbocycles. The number of nitrogens with one attached hydrogen (secondary N) is 1. The summed E-state index contributed by atoms with van der Waals surface area (Å²) < 4.78 is 0. The summed E-state index contributed by atoms with van der Waals surface area (Å²) in [6.45, 7) is 6.30. The van der Waals surface area contributed by atoms with Gasteiger partial charge in [0, 0.05) is 45.6 Å². The van der Waals surface area contributed by atoms with Gasteiger partial charge < -0.3 is 10.2 Å². The molecule has 2 heterocycles. The van der Waals surface area contributed by atoms with Crippen molar-refractivity contribution < 1.29 is 4.79 Å². The van der Waals surface area contributed by atoms with E-state index >= 15 is 0 Å². The predicted molar refractivity (Wildman–Crippen MR) is 75.9 cm³/mol. The molecule has 0 saturated carbocycles. The van der Waals surface area contributed by atoms with E-state index in [0.717, 1.165) is 24.5 Å². The zero-order chi connectivity index (χ0) is 14.0. The van der Waals surface area contributed by atoms with Crippen LogP contribution in [0.4, 0.5) is 5.69 Å². The second-order valence-corrected chi connectivity index (χ2v) is 5.49. The number of hydrogen-bond donors (Lipinski definition) is 1. The Hall–Kier alpha value is -1.62. The number of amides is 1. The van der Waals surface area contributed by atoms with Crippen LogP contribution >= 0.6 is 0 Å². The largest absolute Gasteiger partial charge is 0.388 e. The van der Waals surface area contributed by atoms with Gasteiger partial charge in [-0.1, -0.05) is 0 Å². The third kappa shape index (κ3) is 2.71. The topological polar surface area (TPSA) is 48.5 Å². The fraction of sp³-hybridized carbons (Fsp3) is 0.571. The second-order valence-electron chi connectivity index (χ2n) is 5.49. The lowest BCUT2D eigenvalue weighted by atomic mass is 9.97. The van der Waals surface area contributed by atoms with Gasteiger partial charge in [-0.05, 0) is 26.0 Å². The molecule has 19 heavy (non-hydrogen) atoms. The number of likely N-dealkylation sites (N-methyl/N-ethyl adjacent to an activating group) is 1. The van der Waals surface area contributed by atoms with E-state index in [1.807, 2.05) is 40.1 Å². The van der Waals surface area contributed by atoms with Gasteiger partial charge in [0.1, 0.15) is 0 Å². The number of hydrogen-bond acceptors (Lipinski definition) is 4. The maximum atomic E-state index is 12.2. The molecule has 0 aliphatic carbocycles. The van der Waals surface area contributed by atoms with E-state index in [2.05, 4.69) is 15.2 Å². The summed E-state index contributed by atoms with van der Waals surface area (Å²) in [7, 11) is 3.75. The fourth-order valence-electron chi connectivity index (χ4n) is 2.45. The van der Waals surface area contributed by atoms with Crippen molar-refractivity contribution in [1.82, 2.24) is 14.8 Å². The zero-order valence-electron chi connectivity index (χ0n) is 12.1. The molecule has 1 fully saturated rings. The van der Waals surface area contributed by atoms with Crippen LogP contribution in [0.25, 0.3) is 0 Å². The standard InChI is InChI=1S/C14H22N4O/c1-14(2)13(19)17(4)7-8-18(14)10-12-9-11(15-3)5-6-16-12/h5-6,9H,7-8,10H2,1-4H3,(H,15,16). The van der Waals surface area contributed by atoms with Gasteiger partial charge in [-0.15, -0.1) is 0 Å². The molecule has 5 heteroatoms. The van der Waals surface area contributed by atoms with Gasteiger partial charge in [-0.25, -0.2) is 0 Å². The molecule has 1 aliphatic rings. The van der Waals surface area contributed by atoms with Crippen molar-refractivity contribution >= 4 is 11.6 Å². The van der Waals surface area contributed by atoms with E-state index in [1.54, 1.807) is 11.1 Å². The van der Waals surface area contributed by atoms with E-state index in [-0.39, 0.29) is 5.91 Å². The van der Waals surface area contributed by atoms with Crippen LogP contribution < -0.4 is 5.32 Å². The Morgan fingerprint density at radius 3 is 2.84 bits per heavy atom. The van der Waals surface area contributed by atoms with Gasteiger partial charge in [-0.2, -0.15) is 0 Å². The molecule has 1 aromatic rings. The molecule has 0 atom stereocenters. The molecule has 0 radical (unpaired) electrons. The van der Waals surface area contributed by atoms with Crippen LogP contribution in [-0.4, -0.2) is 53.4 Å². The first-order valence-corrected chi connectivity index (χ1v) is 6.58. The molecule has 1 saturated heterocycles. The molecule has 0 spiro atoms. The normalized spacial score (nSPS) is 19.6. The van der Waals surface area contributed by atoms with Gasteiger partial charge in [0.2, 0.25) is 5.91 Å². The minimum Gasteiger partial charge on any atom is -0.388 e. The predicted octanol–water partition coefficient (Wildman–Crippen LogP) is 1.18. The molecule has 2 rings (SSSR count). The summed E-state index contributed by atoms with van der Waals surface area (Å²) in [5.74, 6) is 0.170. The van der Waals surface area contributed by atoms with Gasteiger partial charge in [-0.3, -0.25) is 14.7 Å². The lowest BCUT2D eigenvalue weighted by Gasteiger charge is -2.44. The summed E-state index contributed by atoms with van der Waals surface area (Å²) in [5, 5.41) is 3.11. The first kappa shape index (κ1) is 13.8. The van der Waals surface area contributed by atoms with E-state index in [4.69, 9.17) is 0 Å². The average Bonchev–Trinajstić information content (AvgIpc) is 2.40. The van der Waals surface area contributed by atoms with Gasteiger partial charge >= 0.3 is 0 Å². The minimum atomic E-state index is -0.468. The quantitative estimate of drug-likeness (QED) is 0.888. The Kier molecular flexibility index (Phi) is 3.75. The third-order valence-electron chi connectivity index (χ3n) is 3.82. The van der Waals surface area contributed by atoms with Crippen molar-refractivity contribution in [3.63, 3.8) is 0 Å². The van der Waals surface area contributed by atoms with Crippen molar-refractivity contribution in [1.29, 1.82) is 0 Å². The molecular weight excluding hydrogens is 240 g/mol. The van der Waals surface area contributed by atoms with Crippen molar-refractivity contribution in [3.05, 3.63) is 24.0 Å². The van der Waals surface area contributed by atoms with Gasteiger partial charge in [0.05, 0.1) is 11.2 Å². The highest BCUT2D eigenvalue weighted by molar-refractivity contribution is 5.86. The molecule has 0 bridgehead atoms. The Bertz CT molecular complexity index is 472. The van der Waals surface area contributed by atoms with E-state index in [9.17, 15) is 4.79 Å². The lowest BCUT2D eigenvalue weighted by Crippen LogP contribution is -2.61. The SMILES string of the molecule is CNc1ccnc(CN2CCN(C)C(=O)C2(C)C)c1. The van der Waals surface area contributed by atoms with Crippen LogP contribution in [-0.2, 0) is 11.3 Å². The summed E-state index contributed by atoms with van der Waals surface area (Å²) in [4.78, 5) is 20.6. The van der Waals surface area contributed by atoms with Crippen molar-refractivity contribution in [2.45, 2.75) is 25.9 Å². The highest BCUT2D eigenvalue weighted by Gasteiger charge is 2.40. The van der Waals surface area contributed by atoms with Crippen molar-refractivity contribution in [2.24, 2.45) is 0 Å². The minimum absolute atomic E-state index is 0.170. The van der Waals surface area contributed by atoms with Gasteiger partial charge in [0.15, 0.2) is 0 Å². The molecule has 5 nitrogen and oxygen atoms in total. The fourth-order valence-corrected chi connectivity index (χ4v) is 2.45. The summed E-state index contributed by atoms with van der Waals surface area (Å²) >= 11 is 0. The number of carbonyl (C=O) groups is 1. The average molecular weight is 262 g/mol. The van der Waals surface area contributed by atoms with Gasteiger partial charge in [0.25, 0.3) is 0 Å². The Balaban J connectivity index is 2.16. The Morgan fingerprint density at radius 2 is 2.16 bits per heavy atom. The molecule has 1 aromatic heterocycles. The van der Waals surface area contributed by atoms with E-state index in [1.165, 1.54) is 0 Å². The number of nitrogens with zero attached hydrogens (tertiary/aromatic N) is 3. The van der Waals surface area contributed by atoms with Crippen molar-refractivity contribution in [3.8, 4) is 0 Å². The second kappa shape index (κ2) is 5.17. The molecule has 1 amide bonds. The number of pyridine rings is 1. The van der Waals surface area contributed by atoms with E-state index < -0.39 is 5.54 Å². The number of piperazine rings is 1. The van der Waals surface area contributed by atoms with Crippen LogP contribution in [0.15, 0.2) is 18.3 Å². The number of aromatic nitrogens is 1. The zero-order valence-corrected chi connectivity index (χ0v) is 12.1. The molecule has 104 valence electrons. The monoisotopic (exact) mass is 262 g/mol. The lowest BCUT2D eigenvalue weighted by molar-refractivity contribution is -0.147. The molecule has 1 aliphatic heterocycles. The first-order chi connectivity index (χ1) is 8.95. The number of rotatable bonds is 3. The summed E-state index contributed by atoms with van der Waals surface area (Å²) in [6, 6.07) is 3.96. The van der Waals surface area contributed by atoms with E-state index in [0.29, 0.717) is 6.54 Å². The first-order valence-electron chi connectivity index (χ1n) is 6.58. The maximum absolute atomic E-state index is 12.2. The molecular formula is C14H22N4O. The van der Waals surface area contributed by atoms with Crippen LogP contribution in [0, 0.1) is 0 Å².